The van der Waals surface area contributed by atoms with Crippen LogP contribution in [-0.2, 0) is 9.53 Å². The Morgan fingerprint density at radius 2 is 2.15 bits per heavy atom. The van der Waals surface area contributed by atoms with Gasteiger partial charge in [0, 0.05) is 19.2 Å². The molecular formula is C14H26N2O4. The van der Waals surface area contributed by atoms with Crippen molar-refractivity contribution in [3.05, 3.63) is 0 Å². The molecule has 6 nitrogen and oxygen atoms in total. The molecule has 0 spiro atoms. The Morgan fingerprint density at radius 1 is 1.45 bits per heavy atom. The van der Waals surface area contributed by atoms with Crippen LogP contribution in [0.15, 0.2) is 0 Å². The summed E-state index contributed by atoms with van der Waals surface area (Å²) in [4.78, 5) is 23.0. The summed E-state index contributed by atoms with van der Waals surface area (Å²) in [6.07, 6.45) is 2.14. The fourth-order valence-electron chi connectivity index (χ4n) is 2.42. The van der Waals surface area contributed by atoms with E-state index in [1.165, 1.54) is 0 Å². The number of carboxylic acids is 1. The molecule has 1 saturated carbocycles. The molecule has 0 heterocycles. The van der Waals surface area contributed by atoms with Crippen LogP contribution in [0.2, 0.25) is 0 Å². The van der Waals surface area contributed by atoms with Gasteiger partial charge in [0.25, 0.3) is 0 Å². The average Bonchev–Trinajstić information content (AvgIpc) is 2.71. The van der Waals surface area contributed by atoms with Gasteiger partial charge in [0.1, 0.15) is 0 Å². The van der Waals surface area contributed by atoms with Crippen LogP contribution in [0.3, 0.4) is 0 Å². The predicted octanol–water partition coefficient (Wildman–Crippen LogP) is 1.60. The highest BCUT2D eigenvalue weighted by Gasteiger charge is 2.45. The van der Waals surface area contributed by atoms with E-state index in [0.29, 0.717) is 38.5 Å². The Morgan fingerprint density at radius 3 is 2.75 bits per heavy atom. The smallest absolute Gasteiger partial charge is 0.315 e. The van der Waals surface area contributed by atoms with Gasteiger partial charge >= 0.3 is 12.0 Å². The summed E-state index contributed by atoms with van der Waals surface area (Å²) in [5, 5.41) is 14.7. The molecule has 0 saturated heterocycles. The first-order valence-electron chi connectivity index (χ1n) is 7.21. The van der Waals surface area contributed by atoms with Gasteiger partial charge in [-0.1, -0.05) is 20.3 Å². The molecule has 1 fully saturated rings. The van der Waals surface area contributed by atoms with E-state index < -0.39 is 11.4 Å². The SMILES string of the molecule is CC(C)COCCNC(=O)NC1CCCC1(C)C(=O)O. The van der Waals surface area contributed by atoms with Gasteiger partial charge in [-0.2, -0.15) is 0 Å². The Labute approximate surface area is 120 Å². The maximum Gasteiger partial charge on any atom is 0.315 e. The van der Waals surface area contributed by atoms with Crippen LogP contribution in [0.5, 0.6) is 0 Å². The molecule has 6 heteroatoms. The number of hydrogen-bond acceptors (Lipinski definition) is 3. The first-order valence-corrected chi connectivity index (χ1v) is 7.21. The molecule has 2 amide bonds. The maximum absolute atomic E-state index is 11.7. The van der Waals surface area contributed by atoms with Crippen molar-refractivity contribution in [2.24, 2.45) is 11.3 Å². The molecule has 0 bridgehead atoms. The van der Waals surface area contributed by atoms with E-state index >= 15 is 0 Å². The van der Waals surface area contributed by atoms with E-state index in [-0.39, 0.29) is 12.1 Å². The summed E-state index contributed by atoms with van der Waals surface area (Å²) in [6.45, 7) is 7.38. The molecule has 0 radical (unpaired) electrons. The maximum atomic E-state index is 11.7. The van der Waals surface area contributed by atoms with Gasteiger partial charge in [0.15, 0.2) is 0 Å². The molecule has 1 rings (SSSR count). The summed E-state index contributed by atoms with van der Waals surface area (Å²) in [5.74, 6) is -0.376. The van der Waals surface area contributed by atoms with Crippen LogP contribution < -0.4 is 10.6 Å². The minimum absolute atomic E-state index is 0.309. The molecule has 0 aromatic rings. The summed E-state index contributed by atoms with van der Waals surface area (Å²) in [6, 6.07) is -0.630. The molecule has 1 aliphatic carbocycles. The number of carbonyl (C=O) groups excluding carboxylic acids is 1. The average molecular weight is 286 g/mol. The summed E-state index contributed by atoms with van der Waals surface area (Å²) in [5.41, 5.74) is -0.856. The van der Waals surface area contributed by atoms with Gasteiger partial charge < -0.3 is 20.5 Å². The monoisotopic (exact) mass is 286 g/mol. The van der Waals surface area contributed by atoms with Gasteiger partial charge in [0.2, 0.25) is 0 Å². The quantitative estimate of drug-likeness (QED) is 0.620. The highest BCUT2D eigenvalue weighted by molar-refractivity contribution is 5.79. The molecule has 3 N–H and O–H groups in total. The summed E-state index contributed by atoms with van der Waals surface area (Å²) in [7, 11) is 0. The van der Waals surface area contributed by atoms with E-state index in [2.05, 4.69) is 24.5 Å². The van der Waals surface area contributed by atoms with E-state index in [9.17, 15) is 14.7 Å². The van der Waals surface area contributed by atoms with Gasteiger partial charge in [-0.3, -0.25) is 4.79 Å². The highest BCUT2D eigenvalue weighted by atomic mass is 16.5. The number of aliphatic carboxylic acids is 1. The molecule has 0 aromatic heterocycles. The van der Waals surface area contributed by atoms with Gasteiger partial charge in [-0.05, 0) is 25.7 Å². The highest BCUT2D eigenvalue weighted by Crippen LogP contribution is 2.38. The van der Waals surface area contributed by atoms with Crippen molar-refractivity contribution in [1.29, 1.82) is 0 Å². The van der Waals surface area contributed by atoms with E-state index in [1.54, 1.807) is 6.92 Å². The van der Waals surface area contributed by atoms with Crippen molar-refractivity contribution >= 4 is 12.0 Å². The van der Waals surface area contributed by atoms with Crippen molar-refractivity contribution in [1.82, 2.24) is 10.6 Å². The zero-order valence-electron chi connectivity index (χ0n) is 12.6. The lowest BCUT2D eigenvalue weighted by Crippen LogP contribution is -2.50. The molecule has 0 aliphatic heterocycles. The second-order valence-corrected chi connectivity index (χ2v) is 6.04. The molecule has 1 aliphatic rings. The third kappa shape index (κ3) is 4.67. The third-order valence-electron chi connectivity index (χ3n) is 3.74. The number of rotatable bonds is 7. The topological polar surface area (TPSA) is 87.7 Å². The Bertz CT molecular complexity index is 346. The van der Waals surface area contributed by atoms with Crippen LogP contribution >= 0.6 is 0 Å². The summed E-state index contributed by atoms with van der Waals surface area (Å²) < 4.78 is 5.36. The number of urea groups is 1. The fraction of sp³-hybridized carbons (Fsp3) is 0.857. The normalized spacial score (nSPS) is 25.7. The molecule has 2 unspecified atom stereocenters. The van der Waals surface area contributed by atoms with E-state index in [4.69, 9.17) is 4.74 Å². The number of hydrogen-bond donors (Lipinski definition) is 3. The van der Waals surface area contributed by atoms with E-state index in [0.717, 1.165) is 6.42 Å². The predicted molar refractivity (Wildman–Crippen MR) is 75.6 cm³/mol. The molecular weight excluding hydrogens is 260 g/mol. The lowest BCUT2D eigenvalue weighted by molar-refractivity contribution is -0.148. The minimum Gasteiger partial charge on any atom is -0.481 e. The van der Waals surface area contributed by atoms with Crippen LogP contribution in [0, 0.1) is 11.3 Å². The first kappa shape index (κ1) is 16.8. The van der Waals surface area contributed by atoms with E-state index in [1.807, 2.05) is 0 Å². The van der Waals surface area contributed by atoms with Crippen LogP contribution in [0.25, 0.3) is 0 Å². The van der Waals surface area contributed by atoms with Crippen LogP contribution in [-0.4, -0.2) is 42.9 Å². The number of amides is 2. The summed E-state index contributed by atoms with van der Waals surface area (Å²) >= 11 is 0. The second-order valence-electron chi connectivity index (χ2n) is 6.04. The Hall–Kier alpha value is -1.30. The van der Waals surface area contributed by atoms with Crippen LogP contribution in [0.1, 0.15) is 40.0 Å². The Kier molecular flexibility index (Phi) is 6.26. The van der Waals surface area contributed by atoms with Gasteiger partial charge in [-0.15, -0.1) is 0 Å². The molecule has 0 aromatic carbocycles. The third-order valence-corrected chi connectivity index (χ3v) is 3.74. The van der Waals surface area contributed by atoms with Crippen molar-refractivity contribution in [3.63, 3.8) is 0 Å². The lowest BCUT2D eigenvalue weighted by atomic mass is 9.85. The zero-order chi connectivity index (χ0) is 15.2. The standard InChI is InChI=1S/C14H26N2O4/c1-10(2)9-20-8-7-15-13(19)16-11-5-4-6-14(11,3)12(17)18/h10-11H,4-9H2,1-3H3,(H,17,18)(H2,15,16,19). The largest absolute Gasteiger partial charge is 0.481 e. The Balaban J connectivity index is 2.27. The molecule has 116 valence electrons. The van der Waals surface area contributed by atoms with Crippen molar-refractivity contribution in [3.8, 4) is 0 Å². The van der Waals surface area contributed by atoms with Crippen molar-refractivity contribution < 1.29 is 19.4 Å². The number of carboxylic acid groups (broad SMARTS) is 1. The molecule has 2 atom stereocenters. The van der Waals surface area contributed by atoms with Gasteiger partial charge in [-0.25, -0.2) is 4.79 Å². The fourth-order valence-corrected chi connectivity index (χ4v) is 2.42. The number of nitrogens with one attached hydrogen (secondary N) is 2. The zero-order valence-corrected chi connectivity index (χ0v) is 12.6. The van der Waals surface area contributed by atoms with Gasteiger partial charge in [0.05, 0.1) is 12.0 Å². The van der Waals surface area contributed by atoms with Crippen LogP contribution in [0.4, 0.5) is 4.79 Å². The second kappa shape index (κ2) is 7.47. The number of ether oxygens (including phenoxy) is 1. The minimum atomic E-state index is -0.856. The first-order chi connectivity index (χ1) is 9.36. The lowest BCUT2D eigenvalue weighted by Gasteiger charge is -2.27. The van der Waals surface area contributed by atoms with Crippen molar-refractivity contribution in [2.75, 3.05) is 19.8 Å². The number of carbonyl (C=O) groups is 2. The van der Waals surface area contributed by atoms with Crippen molar-refractivity contribution in [2.45, 2.75) is 46.1 Å². The molecule has 20 heavy (non-hydrogen) atoms.